The average Bonchev–Trinajstić information content (AvgIpc) is 2.71. The molecule has 7 nitrogen and oxygen atoms in total. The molecule has 0 amide bonds. The van der Waals surface area contributed by atoms with E-state index >= 15 is 0 Å². The molecule has 2 rings (SSSR count). The predicted octanol–water partition coefficient (Wildman–Crippen LogP) is -0.406. The zero-order valence-corrected chi connectivity index (χ0v) is 11.6. The molecule has 0 aliphatic carbocycles. The van der Waals surface area contributed by atoms with Gasteiger partial charge in [-0.25, -0.2) is 4.79 Å². The number of aliphatic hydroxyl groups excluding tert-OH is 2. The van der Waals surface area contributed by atoms with E-state index in [9.17, 15) is 19.8 Å². The van der Waals surface area contributed by atoms with Gasteiger partial charge in [-0.2, -0.15) is 0 Å². The Balaban J connectivity index is 2.46. The van der Waals surface area contributed by atoms with Crippen molar-refractivity contribution in [3.63, 3.8) is 0 Å². The third-order valence-electron chi connectivity index (χ3n) is 4.13. The molecule has 0 spiro atoms. The number of nitrogens with one attached hydrogen (secondary N) is 1. The molecule has 7 heteroatoms. The first-order chi connectivity index (χ1) is 9.49. The van der Waals surface area contributed by atoms with Crippen LogP contribution in [0.1, 0.15) is 32.9 Å². The first-order valence-corrected chi connectivity index (χ1v) is 6.77. The van der Waals surface area contributed by atoms with E-state index in [4.69, 9.17) is 4.74 Å². The van der Waals surface area contributed by atoms with Crippen LogP contribution in [0.2, 0.25) is 0 Å². The lowest BCUT2D eigenvalue weighted by Gasteiger charge is -2.29. The van der Waals surface area contributed by atoms with Crippen LogP contribution in [0.25, 0.3) is 0 Å². The van der Waals surface area contributed by atoms with E-state index < -0.39 is 29.2 Å². The number of aliphatic hydroxyl groups is 2. The van der Waals surface area contributed by atoms with Crippen molar-refractivity contribution in [2.75, 3.05) is 6.61 Å². The standard InChI is InChI=1S/C13H20N2O5/c1-3-8-10(18)13(4-2,7-16)20-11(8)15-6-5-9(17)14-12(15)19/h5-6,8,10-11,16,18H,3-4,7H2,1-2H3,(H,14,17,19)/t8-,10+,11-,13-/m1/s1. The Labute approximate surface area is 115 Å². The molecule has 112 valence electrons. The van der Waals surface area contributed by atoms with E-state index in [1.807, 2.05) is 13.8 Å². The van der Waals surface area contributed by atoms with E-state index in [0.29, 0.717) is 12.8 Å². The van der Waals surface area contributed by atoms with Gasteiger partial charge >= 0.3 is 5.69 Å². The van der Waals surface area contributed by atoms with Gasteiger partial charge < -0.3 is 14.9 Å². The van der Waals surface area contributed by atoms with Crippen molar-refractivity contribution in [1.82, 2.24) is 9.55 Å². The minimum atomic E-state index is -1.07. The second-order valence-electron chi connectivity index (χ2n) is 5.12. The number of H-pyrrole nitrogens is 1. The quantitative estimate of drug-likeness (QED) is 0.697. The molecule has 2 heterocycles. The van der Waals surface area contributed by atoms with Crippen molar-refractivity contribution in [2.24, 2.45) is 5.92 Å². The lowest BCUT2D eigenvalue weighted by atomic mass is 9.87. The Morgan fingerprint density at radius 1 is 1.45 bits per heavy atom. The molecule has 0 bridgehead atoms. The maximum atomic E-state index is 11.9. The fraction of sp³-hybridized carbons (Fsp3) is 0.692. The van der Waals surface area contributed by atoms with Crippen LogP contribution >= 0.6 is 0 Å². The van der Waals surface area contributed by atoms with Gasteiger partial charge in [0, 0.05) is 18.2 Å². The highest BCUT2D eigenvalue weighted by molar-refractivity contribution is 5.00. The smallest absolute Gasteiger partial charge is 0.330 e. The number of hydrogen-bond acceptors (Lipinski definition) is 5. The summed E-state index contributed by atoms with van der Waals surface area (Å²) in [6.07, 6.45) is 0.789. The maximum Gasteiger partial charge on any atom is 0.330 e. The topological polar surface area (TPSA) is 105 Å². The molecular formula is C13H20N2O5. The van der Waals surface area contributed by atoms with E-state index in [-0.39, 0.29) is 12.5 Å². The van der Waals surface area contributed by atoms with E-state index in [1.54, 1.807) is 0 Å². The largest absolute Gasteiger partial charge is 0.393 e. The van der Waals surface area contributed by atoms with Crippen molar-refractivity contribution in [2.45, 2.75) is 44.6 Å². The Hall–Kier alpha value is -1.44. The van der Waals surface area contributed by atoms with Gasteiger partial charge in [-0.1, -0.05) is 13.8 Å². The Bertz CT molecular complexity index is 575. The van der Waals surface area contributed by atoms with Crippen LogP contribution in [-0.4, -0.2) is 38.1 Å². The SMILES string of the molecule is CC[C@H]1[C@H](n2ccc(=O)[nH]c2=O)O[C@](CC)(CO)[C@H]1O. The molecule has 20 heavy (non-hydrogen) atoms. The Morgan fingerprint density at radius 3 is 2.65 bits per heavy atom. The number of nitrogens with zero attached hydrogens (tertiary/aromatic N) is 1. The first-order valence-electron chi connectivity index (χ1n) is 6.77. The second kappa shape index (κ2) is 5.51. The van der Waals surface area contributed by atoms with Gasteiger partial charge in [-0.05, 0) is 12.8 Å². The molecule has 1 fully saturated rings. The van der Waals surface area contributed by atoms with Gasteiger partial charge in [0.15, 0.2) is 0 Å². The Morgan fingerprint density at radius 2 is 2.15 bits per heavy atom. The number of hydrogen-bond donors (Lipinski definition) is 3. The number of ether oxygens (including phenoxy) is 1. The zero-order valence-electron chi connectivity index (χ0n) is 11.6. The monoisotopic (exact) mass is 284 g/mol. The van der Waals surface area contributed by atoms with Crippen molar-refractivity contribution >= 4 is 0 Å². The van der Waals surface area contributed by atoms with Crippen molar-refractivity contribution in [1.29, 1.82) is 0 Å². The van der Waals surface area contributed by atoms with Gasteiger partial charge in [0.05, 0.1) is 12.7 Å². The summed E-state index contributed by atoms with van der Waals surface area (Å²) in [6, 6.07) is 1.23. The third kappa shape index (κ3) is 2.21. The molecule has 0 aromatic carbocycles. The maximum absolute atomic E-state index is 11.9. The predicted molar refractivity (Wildman–Crippen MR) is 71.3 cm³/mol. The minimum absolute atomic E-state index is 0.324. The minimum Gasteiger partial charge on any atom is -0.393 e. The molecular weight excluding hydrogens is 264 g/mol. The highest BCUT2D eigenvalue weighted by atomic mass is 16.6. The highest BCUT2D eigenvalue weighted by Gasteiger charge is 2.53. The lowest BCUT2D eigenvalue weighted by molar-refractivity contribution is -0.130. The van der Waals surface area contributed by atoms with Crippen LogP contribution < -0.4 is 11.2 Å². The summed E-state index contributed by atoms with van der Waals surface area (Å²) in [7, 11) is 0. The molecule has 0 saturated carbocycles. The van der Waals surface area contributed by atoms with E-state index in [2.05, 4.69) is 4.98 Å². The number of aromatic amines is 1. The van der Waals surface area contributed by atoms with Gasteiger partial charge in [0.1, 0.15) is 11.8 Å². The van der Waals surface area contributed by atoms with Crippen LogP contribution in [0.4, 0.5) is 0 Å². The summed E-state index contributed by atoms with van der Waals surface area (Å²) >= 11 is 0. The normalized spacial score (nSPS) is 33.5. The van der Waals surface area contributed by atoms with Gasteiger partial charge in [0.25, 0.3) is 5.56 Å². The lowest BCUT2D eigenvalue weighted by Crippen LogP contribution is -2.44. The molecule has 1 saturated heterocycles. The molecule has 1 aliphatic rings. The first kappa shape index (κ1) is 15.0. The summed E-state index contributed by atoms with van der Waals surface area (Å²) in [5.41, 5.74) is -2.14. The summed E-state index contributed by atoms with van der Waals surface area (Å²) in [4.78, 5) is 25.1. The molecule has 1 aliphatic heterocycles. The number of aromatic nitrogens is 2. The van der Waals surface area contributed by atoms with Crippen LogP contribution in [-0.2, 0) is 4.74 Å². The van der Waals surface area contributed by atoms with E-state index in [0.717, 1.165) is 0 Å². The molecule has 3 N–H and O–H groups in total. The molecule has 1 aromatic heterocycles. The summed E-state index contributed by atoms with van der Waals surface area (Å²) < 4.78 is 7.07. The second-order valence-corrected chi connectivity index (χ2v) is 5.12. The van der Waals surface area contributed by atoms with Crippen molar-refractivity contribution < 1.29 is 14.9 Å². The fourth-order valence-corrected chi connectivity index (χ4v) is 2.79. The summed E-state index contributed by atoms with van der Waals surface area (Å²) in [6.45, 7) is 3.37. The van der Waals surface area contributed by atoms with E-state index in [1.165, 1.54) is 16.8 Å². The van der Waals surface area contributed by atoms with Gasteiger partial charge in [-0.3, -0.25) is 14.3 Å². The van der Waals surface area contributed by atoms with Gasteiger partial charge in [0.2, 0.25) is 0 Å². The zero-order chi connectivity index (χ0) is 14.9. The number of rotatable bonds is 4. The van der Waals surface area contributed by atoms with Crippen LogP contribution in [0.15, 0.2) is 21.9 Å². The Kier molecular flexibility index (Phi) is 4.12. The van der Waals surface area contributed by atoms with Crippen LogP contribution in [0, 0.1) is 5.92 Å². The highest BCUT2D eigenvalue weighted by Crippen LogP contribution is 2.43. The third-order valence-corrected chi connectivity index (χ3v) is 4.13. The molecule has 0 unspecified atom stereocenters. The molecule has 4 atom stereocenters. The summed E-state index contributed by atoms with van der Waals surface area (Å²) in [5, 5.41) is 20.0. The van der Waals surface area contributed by atoms with Crippen LogP contribution in [0.5, 0.6) is 0 Å². The summed E-state index contributed by atoms with van der Waals surface area (Å²) in [5.74, 6) is -0.328. The van der Waals surface area contributed by atoms with Crippen LogP contribution in [0.3, 0.4) is 0 Å². The molecule has 0 radical (unpaired) electrons. The average molecular weight is 284 g/mol. The van der Waals surface area contributed by atoms with Crippen molar-refractivity contribution in [3.8, 4) is 0 Å². The fourth-order valence-electron chi connectivity index (χ4n) is 2.79. The molecule has 1 aromatic rings. The van der Waals surface area contributed by atoms with Crippen molar-refractivity contribution in [3.05, 3.63) is 33.1 Å². The van der Waals surface area contributed by atoms with Gasteiger partial charge in [-0.15, -0.1) is 0 Å².